The zero-order chi connectivity index (χ0) is 20.4. The van der Waals surface area contributed by atoms with E-state index >= 15 is 0 Å². The van der Waals surface area contributed by atoms with E-state index < -0.39 is 5.41 Å². The number of hydrogen-bond acceptors (Lipinski definition) is 1. The molecular weight excluding hydrogens is 358 g/mol. The summed E-state index contributed by atoms with van der Waals surface area (Å²) in [6.07, 6.45) is 8.27. The number of benzene rings is 2. The van der Waals surface area contributed by atoms with Crippen molar-refractivity contribution in [3.05, 3.63) is 90.0 Å². The monoisotopic (exact) mass is 388 g/mol. The Balaban J connectivity index is 1.80. The van der Waals surface area contributed by atoms with Crippen molar-refractivity contribution >= 4 is 5.91 Å². The topological polar surface area (TPSA) is 51.9 Å². The van der Waals surface area contributed by atoms with Gasteiger partial charge in [0, 0.05) is 6.42 Å². The molecule has 1 fully saturated rings. The molecule has 1 amide bonds. The molecule has 1 saturated carbocycles. The van der Waals surface area contributed by atoms with Crippen molar-refractivity contribution in [1.82, 2.24) is 4.57 Å². The molecule has 2 atom stereocenters. The number of nitrogens with zero attached hydrogens (tertiary/aromatic N) is 2. The van der Waals surface area contributed by atoms with E-state index in [0.29, 0.717) is 6.04 Å². The number of hydrogen-bond donors (Lipinski definition) is 1. The Morgan fingerprint density at radius 3 is 2.17 bits per heavy atom. The third-order valence-electron chi connectivity index (χ3n) is 6.73. The molecule has 29 heavy (non-hydrogen) atoms. The van der Waals surface area contributed by atoms with Crippen molar-refractivity contribution in [2.24, 2.45) is 18.7 Å². The average molecular weight is 389 g/mol. The van der Waals surface area contributed by atoms with Gasteiger partial charge >= 0.3 is 0 Å². The van der Waals surface area contributed by atoms with Crippen LogP contribution in [0, 0.1) is 5.92 Å². The second-order valence-corrected chi connectivity index (χ2v) is 8.15. The summed E-state index contributed by atoms with van der Waals surface area (Å²) in [5, 5.41) is 0. The van der Waals surface area contributed by atoms with Gasteiger partial charge in [-0.3, -0.25) is 4.79 Å². The van der Waals surface area contributed by atoms with Crippen LogP contribution in [0.5, 0.6) is 0 Å². The number of carbonyl (C=O) groups excluding carboxylic acids is 1. The Morgan fingerprint density at radius 1 is 1.07 bits per heavy atom. The molecule has 4 nitrogen and oxygen atoms in total. The molecule has 1 aliphatic carbocycles. The summed E-state index contributed by atoms with van der Waals surface area (Å²) in [7, 11) is 2.10. The minimum absolute atomic E-state index is 0.159. The zero-order valence-electron chi connectivity index (χ0n) is 17.3. The van der Waals surface area contributed by atoms with E-state index in [1.54, 1.807) is 0 Å². The molecule has 1 aromatic heterocycles. The normalized spacial score (nSPS) is 19.4. The van der Waals surface area contributed by atoms with E-state index in [1.165, 1.54) is 5.82 Å². The highest BCUT2D eigenvalue weighted by atomic mass is 16.1. The molecule has 3 aromatic rings. The maximum atomic E-state index is 13.2. The lowest BCUT2D eigenvalue weighted by molar-refractivity contribution is -0.678. The molecule has 4 heteroatoms. The van der Waals surface area contributed by atoms with Crippen molar-refractivity contribution in [2.75, 3.05) is 0 Å². The largest absolute Gasteiger partial charge is 0.369 e. The number of nitrogens with two attached hydrogens (primary N) is 1. The molecule has 0 aliphatic heterocycles. The van der Waals surface area contributed by atoms with Crippen LogP contribution >= 0.6 is 0 Å². The molecule has 1 heterocycles. The van der Waals surface area contributed by atoms with Crippen LogP contribution in [0.3, 0.4) is 0 Å². The van der Waals surface area contributed by atoms with Gasteiger partial charge in [-0.05, 0) is 36.3 Å². The highest BCUT2D eigenvalue weighted by Gasteiger charge is 2.51. The Labute approximate surface area is 173 Å². The Morgan fingerprint density at radius 2 is 1.66 bits per heavy atom. The van der Waals surface area contributed by atoms with Gasteiger partial charge in [0.2, 0.25) is 5.91 Å². The summed E-state index contributed by atoms with van der Waals surface area (Å²) in [6.45, 7) is 2.19. The Bertz CT molecular complexity index is 938. The molecular formula is C25H30N3O+. The van der Waals surface area contributed by atoms with Crippen molar-refractivity contribution in [2.45, 2.75) is 44.1 Å². The first-order valence-corrected chi connectivity index (χ1v) is 10.5. The highest BCUT2D eigenvalue weighted by molar-refractivity contribution is 5.91. The number of amides is 1. The summed E-state index contributed by atoms with van der Waals surface area (Å²) in [5.74, 6) is 1.22. The lowest BCUT2D eigenvalue weighted by Crippen LogP contribution is -2.47. The Hall–Kier alpha value is -2.88. The van der Waals surface area contributed by atoms with Crippen LogP contribution in [0.4, 0.5) is 0 Å². The fourth-order valence-corrected chi connectivity index (χ4v) is 5.42. The second kappa shape index (κ2) is 7.86. The number of carbonyl (C=O) groups is 1. The third-order valence-corrected chi connectivity index (χ3v) is 6.73. The maximum absolute atomic E-state index is 13.2. The smallest absolute Gasteiger partial charge is 0.256 e. The fourth-order valence-electron chi connectivity index (χ4n) is 5.42. The summed E-state index contributed by atoms with van der Waals surface area (Å²) in [5.41, 5.74) is 7.40. The summed E-state index contributed by atoms with van der Waals surface area (Å²) < 4.78 is 4.60. The van der Waals surface area contributed by atoms with Gasteiger partial charge < -0.3 is 5.73 Å². The Kier molecular flexibility index (Phi) is 5.27. The van der Waals surface area contributed by atoms with Crippen molar-refractivity contribution in [3.63, 3.8) is 0 Å². The van der Waals surface area contributed by atoms with Gasteiger partial charge in [0.1, 0.15) is 23.9 Å². The molecule has 150 valence electrons. The molecule has 0 spiro atoms. The minimum Gasteiger partial charge on any atom is -0.369 e. The molecule has 2 aromatic carbocycles. The van der Waals surface area contributed by atoms with E-state index in [1.807, 2.05) is 36.4 Å². The number of rotatable bonds is 6. The average Bonchev–Trinajstić information content (AvgIpc) is 3.37. The van der Waals surface area contributed by atoms with Crippen molar-refractivity contribution < 1.29 is 9.36 Å². The van der Waals surface area contributed by atoms with Crippen LogP contribution in [0.2, 0.25) is 0 Å². The van der Waals surface area contributed by atoms with Crippen molar-refractivity contribution in [1.29, 1.82) is 0 Å². The number of aromatic nitrogens is 2. The molecule has 0 saturated heterocycles. The number of imidazole rings is 1. The van der Waals surface area contributed by atoms with Crippen LogP contribution in [0.1, 0.15) is 49.2 Å². The van der Waals surface area contributed by atoms with E-state index in [0.717, 1.165) is 36.8 Å². The van der Waals surface area contributed by atoms with Gasteiger partial charge in [-0.25, -0.2) is 9.13 Å². The van der Waals surface area contributed by atoms with Crippen LogP contribution in [-0.4, -0.2) is 10.5 Å². The molecule has 0 bridgehead atoms. The lowest BCUT2D eigenvalue weighted by Gasteiger charge is -2.37. The third kappa shape index (κ3) is 3.17. The van der Waals surface area contributed by atoms with Crippen molar-refractivity contribution in [3.8, 4) is 0 Å². The molecule has 0 unspecified atom stereocenters. The van der Waals surface area contributed by atoms with Crippen LogP contribution < -0.4 is 10.3 Å². The van der Waals surface area contributed by atoms with E-state index in [4.69, 9.17) is 5.73 Å². The molecule has 2 N–H and O–H groups in total. The quantitative estimate of drug-likeness (QED) is 0.644. The molecule has 0 radical (unpaired) electrons. The van der Waals surface area contributed by atoms with Gasteiger partial charge in [-0.15, -0.1) is 0 Å². The fraction of sp³-hybridized carbons (Fsp3) is 0.360. The number of aryl methyl sites for hydroxylation is 1. The van der Waals surface area contributed by atoms with Crippen LogP contribution in [0.15, 0.2) is 73.1 Å². The van der Waals surface area contributed by atoms with Gasteiger partial charge in [0.05, 0.1) is 7.05 Å². The first kappa shape index (κ1) is 19.4. The van der Waals surface area contributed by atoms with Gasteiger partial charge in [-0.2, -0.15) is 0 Å². The van der Waals surface area contributed by atoms with Crippen LogP contribution in [-0.2, 0) is 23.7 Å². The first-order valence-electron chi connectivity index (χ1n) is 10.5. The molecule has 4 rings (SSSR count). The van der Waals surface area contributed by atoms with Crippen LogP contribution in [0.25, 0.3) is 0 Å². The molecule has 1 aliphatic rings. The summed E-state index contributed by atoms with van der Waals surface area (Å²) in [4.78, 5) is 13.2. The predicted octanol–water partition coefficient (Wildman–Crippen LogP) is 3.69. The SMILES string of the molecule is CCc1n([C@H]2CC[C@@H](C(C(N)=O)(c3ccccc3)c3ccccc3)C2)cc[n+]1C. The van der Waals surface area contributed by atoms with E-state index in [-0.39, 0.29) is 11.8 Å². The predicted molar refractivity (Wildman–Crippen MR) is 114 cm³/mol. The van der Waals surface area contributed by atoms with E-state index in [2.05, 4.69) is 59.8 Å². The lowest BCUT2D eigenvalue weighted by atomic mass is 9.64. The summed E-state index contributed by atoms with van der Waals surface area (Å²) in [6, 6.07) is 20.6. The number of primary amides is 1. The zero-order valence-corrected chi connectivity index (χ0v) is 17.3. The maximum Gasteiger partial charge on any atom is 0.256 e. The van der Waals surface area contributed by atoms with E-state index in [9.17, 15) is 4.79 Å². The summed E-state index contributed by atoms with van der Waals surface area (Å²) >= 11 is 0. The van der Waals surface area contributed by atoms with Gasteiger partial charge in [-0.1, -0.05) is 67.6 Å². The highest BCUT2D eigenvalue weighted by Crippen LogP contribution is 2.49. The van der Waals surface area contributed by atoms with Gasteiger partial charge in [0.15, 0.2) is 0 Å². The first-order chi connectivity index (χ1) is 14.1. The standard InChI is InChI=1S/C25H29N3O/c1-3-23-27(2)16-17-28(23)22-15-14-21(18-22)25(24(26)29,19-10-6-4-7-11-19)20-12-8-5-9-13-20/h4-13,16-17,21-22H,3,14-15,18H2,1-2H3,(H-,26,29)/p+1/t21-,22+/m1/s1. The van der Waals surface area contributed by atoms with Gasteiger partial charge in [0.25, 0.3) is 5.82 Å². The second-order valence-electron chi connectivity index (χ2n) is 8.15. The minimum atomic E-state index is -0.807.